The maximum atomic E-state index is 13.3. The minimum absolute atomic E-state index is 0. The Morgan fingerprint density at radius 2 is 0.451 bits per heavy atom. The molecule has 0 unspecified atom stereocenters. The fourth-order valence-corrected chi connectivity index (χ4v) is 16.4. The summed E-state index contributed by atoms with van der Waals surface area (Å²) in [6, 6.07) is 70.8. The van der Waals surface area contributed by atoms with Gasteiger partial charge in [-0.3, -0.25) is 24.3 Å². The third-order valence-electron chi connectivity index (χ3n) is 12.9. The first-order valence-corrected chi connectivity index (χ1v) is 36.7. The molecule has 8 aromatic rings. The molecule has 0 amide bonds. The summed E-state index contributed by atoms with van der Waals surface area (Å²) < 4.78 is 53.2. The van der Waals surface area contributed by atoms with Crippen LogP contribution in [0.3, 0.4) is 0 Å². The van der Waals surface area contributed by atoms with Crippen molar-refractivity contribution in [3.63, 3.8) is 0 Å². The molecule has 0 radical (unpaired) electrons. The second-order valence-corrected chi connectivity index (χ2v) is 30.1. The molecule has 0 N–H and O–H groups in total. The van der Waals surface area contributed by atoms with Crippen LogP contribution in [0.4, 0.5) is 17.6 Å². The molecule has 10 heteroatoms. The van der Waals surface area contributed by atoms with E-state index in [0.717, 1.165) is 70.3 Å². The number of benzene rings is 8. The van der Waals surface area contributed by atoms with Crippen LogP contribution in [0.15, 0.2) is 265 Å². The minimum atomic E-state index is -0.455. The topological polar surface area (TPSA) is 0 Å². The molecule has 4 aliphatic rings. The predicted octanol–water partition coefficient (Wildman–Crippen LogP) is 10.1. The summed E-state index contributed by atoms with van der Waals surface area (Å²) in [4.78, 5) is 0. The van der Waals surface area contributed by atoms with Gasteiger partial charge in [-0.1, -0.05) is 100 Å². The van der Waals surface area contributed by atoms with Crippen LogP contribution in [0.25, 0.3) is 22.3 Å². The van der Waals surface area contributed by atoms with Gasteiger partial charge in [-0.15, -0.1) is 48.0 Å². The average molecular weight is 1310 g/mol. The Morgan fingerprint density at radius 1 is 0.280 bits per heavy atom. The summed E-state index contributed by atoms with van der Waals surface area (Å²) in [5.41, 5.74) is 10.4. The zero-order valence-electron chi connectivity index (χ0n) is 46.2. The molecule has 0 spiro atoms. The number of allylic oxidation sites excluding steroid dienone is 16. The average Bonchev–Trinajstić information content (AvgIpc) is 4.35. The fourth-order valence-electron chi connectivity index (χ4n) is 8.72. The molecule has 0 fully saturated rings. The molecule has 0 aromatic heterocycles. The number of rotatable bonds is 8. The van der Waals surface area contributed by atoms with E-state index in [0.29, 0.717) is 22.3 Å². The Bertz CT molecular complexity index is 3180. The summed E-state index contributed by atoms with van der Waals surface area (Å²) in [5.74, 6) is -0.592. The van der Waals surface area contributed by atoms with Gasteiger partial charge in [0.15, 0.2) is 0 Å². The fraction of sp³-hybridized carbons (Fsp3) is 0.111. The number of hydrogen-bond acceptors (Lipinski definition) is 0. The molecule has 12 rings (SSSR count). The zero-order valence-corrected chi connectivity index (χ0v) is 54.6. The first-order chi connectivity index (χ1) is 38.8. The van der Waals surface area contributed by atoms with Crippen molar-refractivity contribution in [2.45, 2.75) is 53.4 Å². The van der Waals surface area contributed by atoms with Gasteiger partial charge in [0.25, 0.3) is 0 Å². The van der Waals surface area contributed by atoms with Crippen LogP contribution in [0, 0.1) is 47.6 Å². The van der Waals surface area contributed by atoms with Gasteiger partial charge in [0.05, 0.1) is 0 Å². The monoisotopic (exact) mass is 1310 g/mol. The molecule has 408 valence electrons. The van der Waals surface area contributed by atoms with E-state index in [9.17, 15) is 17.6 Å². The molecular formula is C72H60Cl2F4Si2Zr2-2. The van der Waals surface area contributed by atoms with Crippen LogP contribution in [-0.2, 0) is 46.7 Å². The Hall–Kier alpha value is -5.82. The molecule has 0 nitrogen and oxygen atoms in total. The SMILES string of the molecule is CC1=[C-]CC(c2ccccc2F)=C1.CC1=[C-]CC(c2ccccc2F)=C1.CC1=[C-]CC(c2ccccc2F)=C1.CC1=[C-]CC(c2ccccc2F)=C1.[Cl-].[Cl-].[Zr+2]=[Si](c1ccccc1)c1ccccc1.[Zr+2]=[Si](c1ccccc1)c1ccccc1. The normalized spacial score (nSPS) is 13.2. The summed E-state index contributed by atoms with van der Waals surface area (Å²) in [7, 11) is 0. The van der Waals surface area contributed by atoms with Crippen molar-refractivity contribution < 1.29 is 89.0 Å². The molecular weight excluding hydrogens is 1250 g/mol. The molecule has 82 heavy (non-hydrogen) atoms. The van der Waals surface area contributed by atoms with Gasteiger partial charge in [-0.05, 0) is 46.5 Å². The van der Waals surface area contributed by atoms with E-state index < -0.39 is 10.9 Å². The van der Waals surface area contributed by atoms with Crippen LogP contribution >= 0.6 is 0 Å². The van der Waals surface area contributed by atoms with Crippen molar-refractivity contribution in [2.75, 3.05) is 0 Å². The van der Waals surface area contributed by atoms with Crippen molar-refractivity contribution in [2.24, 2.45) is 0 Å². The predicted molar refractivity (Wildman–Crippen MR) is 322 cm³/mol. The molecule has 0 heterocycles. The second-order valence-electron chi connectivity index (χ2n) is 19.0. The third-order valence-corrected chi connectivity index (χ3v) is 25.1. The molecule has 0 aliphatic heterocycles. The Morgan fingerprint density at radius 3 is 0.610 bits per heavy atom. The Labute approximate surface area is 526 Å². The van der Waals surface area contributed by atoms with Crippen LogP contribution in [0.5, 0.6) is 0 Å². The van der Waals surface area contributed by atoms with Gasteiger partial charge in [-0.25, -0.2) is 64.2 Å². The van der Waals surface area contributed by atoms with Gasteiger partial charge in [0.2, 0.25) is 0 Å². The van der Waals surface area contributed by atoms with Crippen LogP contribution in [-0.4, -0.2) is 10.9 Å². The van der Waals surface area contributed by atoms with Crippen molar-refractivity contribution in [3.8, 4) is 0 Å². The van der Waals surface area contributed by atoms with Gasteiger partial charge < -0.3 is 24.8 Å². The zero-order chi connectivity index (χ0) is 56.6. The van der Waals surface area contributed by atoms with Crippen LogP contribution < -0.4 is 45.6 Å². The molecule has 0 bridgehead atoms. The van der Waals surface area contributed by atoms with E-state index in [1.165, 1.54) is 45.0 Å². The molecule has 4 aliphatic carbocycles. The second kappa shape index (κ2) is 35.3. The van der Waals surface area contributed by atoms with Crippen molar-refractivity contribution in [1.82, 2.24) is 0 Å². The van der Waals surface area contributed by atoms with Crippen LogP contribution in [0.2, 0.25) is 0 Å². The van der Waals surface area contributed by atoms with E-state index >= 15 is 0 Å². The summed E-state index contributed by atoms with van der Waals surface area (Å²) >= 11 is 3.29. The standard InChI is InChI=1S/4C12H10F.2C12H10Si.2ClH.2Zr/c4*1-9-6-7-10(8-9)11-4-2-3-5-12(11)13;2*1-3-7-11(8-4-1)13-12-9-5-2-6-10-12;;;;/h4*2-5,8H,7H2,1H3;2*1-10H;2*1H;;/q4*-1;;;;;2*+2/p-2. The Kier molecular flexibility index (Phi) is 28.9. The molecule has 0 saturated heterocycles. The molecule has 8 aromatic carbocycles. The van der Waals surface area contributed by atoms with Crippen LogP contribution in [0.1, 0.15) is 75.6 Å². The van der Waals surface area contributed by atoms with E-state index in [-0.39, 0.29) is 48.1 Å². The summed E-state index contributed by atoms with van der Waals surface area (Å²) in [6.45, 7) is 7.92. The molecule has 0 saturated carbocycles. The summed E-state index contributed by atoms with van der Waals surface area (Å²) in [5, 5.41) is 6.06. The Balaban J connectivity index is 0.000000180. The quantitative estimate of drug-likeness (QED) is 0.0808. The van der Waals surface area contributed by atoms with E-state index in [2.05, 4.69) is 146 Å². The summed E-state index contributed by atoms with van der Waals surface area (Å²) in [6.07, 6.45) is 23.5. The van der Waals surface area contributed by atoms with Crippen molar-refractivity contribution >= 4 is 53.9 Å². The number of halogens is 6. The van der Waals surface area contributed by atoms with Crippen molar-refractivity contribution in [3.05, 3.63) is 335 Å². The first kappa shape index (κ1) is 67.0. The number of hydrogen-bond donors (Lipinski definition) is 0. The van der Waals surface area contributed by atoms with Crippen molar-refractivity contribution in [1.29, 1.82) is 0 Å². The van der Waals surface area contributed by atoms with E-state index in [1.54, 1.807) is 95.2 Å². The van der Waals surface area contributed by atoms with Gasteiger partial charge in [0, 0.05) is 0 Å². The van der Waals surface area contributed by atoms with E-state index in [4.69, 9.17) is 0 Å². The van der Waals surface area contributed by atoms with Gasteiger partial charge in [0.1, 0.15) is 23.3 Å². The van der Waals surface area contributed by atoms with Gasteiger partial charge >= 0.3 is 200 Å². The van der Waals surface area contributed by atoms with E-state index in [1.807, 2.05) is 76.3 Å². The molecule has 0 atom stereocenters. The van der Waals surface area contributed by atoms with Gasteiger partial charge in [-0.2, -0.15) is 0 Å². The third kappa shape index (κ3) is 20.8. The maximum absolute atomic E-state index is 13.3. The first-order valence-electron chi connectivity index (χ1n) is 26.3.